The molecule has 33 heavy (non-hydrogen) atoms. The summed E-state index contributed by atoms with van der Waals surface area (Å²) in [6.07, 6.45) is 2.39. The van der Waals surface area contributed by atoms with Crippen molar-refractivity contribution in [1.82, 2.24) is 9.55 Å². The van der Waals surface area contributed by atoms with Crippen LogP contribution in [0.25, 0.3) is 22.3 Å². The highest BCUT2D eigenvalue weighted by Gasteiger charge is 2.45. The number of esters is 1. The number of pyridine rings is 2. The summed E-state index contributed by atoms with van der Waals surface area (Å²) in [5.74, 6) is -1.07. The SMILES string of the molecule is CC[C@@]1(O)C(=O)OCc2c1cc1n(c2=O)Cc2c-1nc1cc(F)c(C)c3c1c2[C@H](N)CCC3. The van der Waals surface area contributed by atoms with Crippen molar-refractivity contribution in [3.8, 4) is 11.4 Å². The topological polar surface area (TPSA) is 107 Å². The molecule has 2 aromatic heterocycles. The third-order valence-corrected chi connectivity index (χ3v) is 7.66. The summed E-state index contributed by atoms with van der Waals surface area (Å²) in [6, 6.07) is 2.85. The Hall–Kier alpha value is -3.10. The van der Waals surface area contributed by atoms with Crippen molar-refractivity contribution in [3.63, 3.8) is 0 Å². The summed E-state index contributed by atoms with van der Waals surface area (Å²) in [5.41, 5.74) is 9.87. The number of halogens is 1. The average Bonchev–Trinajstić information content (AvgIpc) is 3.06. The smallest absolute Gasteiger partial charge is 0.343 e. The molecule has 0 saturated carbocycles. The number of ether oxygens (including phenoxy) is 1. The Morgan fingerprint density at radius 3 is 2.85 bits per heavy atom. The largest absolute Gasteiger partial charge is 0.458 e. The number of aliphatic hydroxyl groups is 1. The summed E-state index contributed by atoms with van der Waals surface area (Å²) in [5, 5.41) is 12.0. The lowest BCUT2D eigenvalue weighted by Gasteiger charge is -2.31. The van der Waals surface area contributed by atoms with Crippen LogP contribution in [-0.2, 0) is 34.7 Å². The molecule has 4 heterocycles. The van der Waals surface area contributed by atoms with Gasteiger partial charge in [0.05, 0.1) is 29.0 Å². The van der Waals surface area contributed by atoms with Gasteiger partial charge >= 0.3 is 5.97 Å². The van der Waals surface area contributed by atoms with Crippen LogP contribution in [0.5, 0.6) is 0 Å². The molecule has 6 rings (SSSR count). The van der Waals surface area contributed by atoms with Gasteiger partial charge in [0.2, 0.25) is 0 Å². The fourth-order valence-electron chi connectivity index (χ4n) is 5.79. The van der Waals surface area contributed by atoms with Gasteiger partial charge in [0.15, 0.2) is 5.60 Å². The minimum absolute atomic E-state index is 0.0731. The lowest BCUT2D eigenvalue weighted by atomic mass is 9.86. The predicted molar refractivity (Wildman–Crippen MR) is 119 cm³/mol. The van der Waals surface area contributed by atoms with Gasteiger partial charge in [0.25, 0.3) is 5.56 Å². The summed E-state index contributed by atoms with van der Waals surface area (Å²) < 4.78 is 21.5. The van der Waals surface area contributed by atoms with Gasteiger partial charge in [-0.1, -0.05) is 6.92 Å². The first-order chi connectivity index (χ1) is 15.8. The summed E-state index contributed by atoms with van der Waals surface area (Å²) in [4.78, 5) is 30.6. The normalized spacial score (nSPS) is 23.1. The molecule has 0 saturated heterocycles. The number of nitrogens with two attached hydrogens (primary N) is 1. The second-order valence-corrected chi connectivity index (χ2v) is 9.31. The first-order valence-corrected chi connectivity index (χ1v) is 11.3. The van der Waals surface area contributed by atoms with Crippen LogP contribution < -0.4 is 11.3 Å². The zero-order valence-corrected chi connectivity index (χ0v) is 18.5. The zero-order chi connectivity index (χ0) is 23.2. The van der Waals surface area contributed by atoms with E-state index in [4.69, 9.17) is 15.5 Å². The van der Waals surface area contributed by atoms with Gasteiger partial charge in [-0.2, -0.15) is 0 Å². The van der Waals surface area contributed by atoms with Crippen LogP contribution in [0.2, 0.25) is 0 Å². The summed E-state index contributed by atoms with van der Waals surface area (Å²) in [6.45, 7) is 3.56. The monoisotopic (exact) mass is 449 g/mol. The number of carbonyl (C=O) groups is 1. The Morgan fingerprint density at radius 1 is 1.30 bits per heavy atom. The number of aromatic nitrogens is 2. The van der Waals surface area contributed by atoms with Crippen molar-refractivity contribution in [2.75, 3.05) is 0 Å². The van der Waals surface area contributed by atoms with Crippen LogP contribution in [0.15, 0.2) is 16.9 Å². The van der Waals surface area contributed by atoms with Gasteiger partial charge in [0.1, 0.15) is 12.4 Å². The molecule has 170 valence electrons. The number of aryl methyl sites for hydroxylation is 1. The lowest BCUT2D eigenvalue weighted by Crippen LogP contribution is -2.44. The van der Waals surface area contributed by atoms with Crippen molar-refractivity contribution >= 4 is 16.9 Å². The van der Waals surface area contributed by atoms with Crippen LogP contribution in [0.1, 0.15) is 65.6 Å². The van der Waals surface area contributed by atoms with Crippen LogP contribution in [0.4, 0.5) is 4.39 Å². The van der Waals surface area contributed by atoms with Crippen LogP contribution in [-0.4, -0.2) is 20.6 Å². The van der Waals surface area contributed by atoms with E-state index < -0.39 is 11.6 Å². The van der Waals surface area contributed by atoms with E-state index in [1.807, 2.05) is 0 Å². The first-order valence-electron chi connectivity index (χ1n) is 11.3. The van der Waals surface area contributed by atoms with E-state index in [-0.39, 0.29) is 48.1 Å². The predicted octanol–water partition coefficient (Wildman–Crippen LogP) is 2.86. The summed E-state index contributed by atoms with van der Waals surface area (Å²) >= 11 is 0. The number of rotatable bonds is 1. The fraction of sp³-hybridized carbons (Fsp3) is 0.400. The third kappa shape index (κ3) is 2.53. The molecule has 0 amide bonds. The molecule has 2 atom stereocenters. The van der Waals surface area contributed by atoms with Gasteiger partial charge in [-0.15, -0.1) is 0 Å². The Morgan fingerprint density at radius 2 is 2.09 bits per heavy atom. The van der Waals surface area contributed by atoms with Crippen LogP contribution in [0, 0.1) is 12.7 Å². The zero-order valence-electron chi connectivity index (χ0n) is 18.5. The number of benzene rings is 1. The molecular weight excluding hydrogens is 425 g/mol. The van der Waals surface area contributed by atoms with Crippen molar-refractivity contribution in [2.24, 2.45) is 5.73 Å². The number of cyclic esters (lactones) is 1. The Balaban J connectivity index is 1.70. The molecule has 1 aliphatic carbocycles. The molecule has 2 aliphatic heterocycles. The van der Waals surface area contributed by atoms with Crippen LogP contribution in [0.3, 0.4) is 0 Å². The molecule has 3 aliphatic rings. The standard InChI is InChI=1S/C25H24FN3O4/c1-3-25(32)15-7-19-22-13(9-29(19)23(30)14(15)10-33-24(25)31)20-17(27)6-4-5-12-11(2)16(26)8-18(28-22)21(12)20/h7-8,17,32H,3-6,9-10,27H2,1-2H3/t17-,25+/m1/s1. The minimum Gasteiger partial charge on any atom is -0.458 e. The van der Waals surface area contributed by atoms with Crippen molar-refractivity contribution in [2.45, 2.75) is 64.3 Å². The second-order valence-electron chi connectivity index (χ2n) is 9.31. The average molecular weight is 449 g/mol. The maximum atomic E-state index is 14.8. The van der Waals surface area contributed by atoms with E-state index in [0.717, 1.165) is 41.3 Å². The molecule has 1 aromatic carbocycles. The maximum absolute atomic E-state index is 14.8. The molecule has 7 nitrogen and oxygen atoms in total. The molecular formula is C25H24FN3O4. The maximum Gasteiger partial charge on any atom is 0.343 e. The van der Waals surface area contributed by atoms with E-state index in [1.165, 1.54) is 6.07 Å². The molecule has 0 radical (unpaired) electrons. The van der Waals surface area contributed by atoms with Crippen LogP contribution >= 0.6 is 0 Å². The lowest BCUT2D eigenvalue weighted by molar-refractivity contribution is -0.172. The third-order valence-electron chi connectivity index (χ3n) is 7.66. The highest BCUT2D eigenvalue weighted by atomic mass is 19.1. The summed E-state index contributed by atoms with van der Waals surface area (Å²) in [7, 11) is 0. The number of carbonyl (C=O) groups excluding carboxylic acids is 1. The number of fused-ring (bicyclic) bond motifs is 5. The first kappa shape index (κ1) is 20.5. The van der Waals surface area contributed by atoms with Gasteiger partial charge in [-0.3, -0.25) is 4.79 Å². The fourth-order valence-corrected chi connectivity index (χ4v) is 5.79. The van der Waals surface area contributed by atoms with E-state index in [9.17, 15) is 19.1 Å². The molecule has 0 fully saturated rings. The van der Waals surface area contributed by atoms with Crippen molar-refractivity contribution in [1.29, 1.82) is 0 Å². The molecule has 0 bridgehead atoms. The van der Waals surface area contributed by atoms with Gasteiger partial charge < -0.3 is 20.1 Å². The van der Waals surface area contributed by atoms with E-state index in [2.05, 4.69) is 0 Å². The van der Waals surface area contributed by atoms with E-state index in [0.29, 0.717) is 22.5 Å². The quantitative estimate of drug-likeness (QED) is 0.433. The van der Waals surface area contributed by atoms with Gasteiger partial charge in [-0.05, 0) is 55.4 Å². The Labute approximate surface area is 189 Å². The Bertz CT molecular complexity index is 1460. The van der Waals surface area contributed by atoms with Crippen molar-refractivity contribution in [3.05, 3.63) is 61.7 Å². The molecule has 0 unspecified atom stereocenters. The Kier molecular flexibility index (Phi) is 4.17. The molecule has 0 spiro atoms. The van der Waals surface area contributed by atoms with Crippen molar-refractivity contribution < 1.29 is 19.0 Å². The number of hydrogen-bond acceptors (Lipinski definition) is 6. The molecule has 8 heteroatoms. The number of hydrogen-bond donors (Lipinski definition) is 2. The van der Waals surface area contributed by atoms with Gasteiger partial charge in [-0.25, -0.2) is 14.2 Å². The minimum atomic E-state index is -1.89. The number of nitrogens with zero attached hydrogens (tertiary/aromatic N) is 2. The van der Waals surface area contributed by atoms with E-state index >= 15 is 0 Å². The highest BCUT2D eigenvalue weighted by molar-refractivity contribution is 5.92. The molecule has 3 N–H and O–H groups in total. The van der Waals surface area contributed by atoms with Gasteiger partial charge in [0, 0.05) is 28.6 Å². The second kappa shape index (κ2) is 6.71. The highest BCUT2D eigenvalue weighted by Crippen LogP contribution is 2.44. The molecule has 3 aromatic rings. The van der Waals surface area contributed by atoms with E-state index in [1.54, 1.807) is 24.5 Å².